The Bertz CT molecular complexity index is 511. The Balaban J connectivity index is 1.72. The van der Waals surface area contributed by atoms with E-state index in [0.29, 0.717) is 30.2 Å². The third-order valence-corrected chi connectivity index (χ3v) is 2.27. The molecule has 6 nitrogen and oxygen atoms in total. The van der Waals surface area contributed by atoms with Gasteiger partial charge in [0.1, 0.15) is 12.4 Å². The lowest BCUT2D eigenvalue weighted by Gasteiger charge is -2.07. The monoisotopic (exact) mass is 246 g/mol. The normalized spacial score (nSPS) is 10.0. The van der Waals surface area contributed by atoms with E-state index in [4.69, 9.17) is 10.5 Å². The predicted octanol–water partition coefficient (Wildman–Crippen LogP) is 0.801. The highest BCUT2D eigenvalue weighted by molar-refractivity contribution is 5.93. The number of ether oxygens (including phenoxy) is 1. The van der Waals surface area contributed by atoms with Gasteiger partial charge in [0.25, 0.3) is 5.91 Å². The number of carbonyl (C=O) groups is 1. The summed E-state index contributed by atoms with van der Waals surface area (Å²) in [5.41, 5.74) is 6.76. The molecule has 18 heavy (non-hydrogen) atoms. The molecule has 0 fully saturated rings. The smallest absolute Gasteiger partial charge is 0.254 e. The van der Waals surface area contributed by atoms with Crippen LogP contribution in [-0.4, -0.2) is 29.3 Å². The number of amides is 1. The fraction of sp³-hybridized carbons (Fsp3) is 0.167. The number of carbonyl (C=O) groups excluding carboxylic acids is 1. The number of hydrogen-bond acceptors (Lipinski definition) is 4. The number of nitrogen functional groups attached to an aromatic ring is 1. The molecule has 0 saturated heterocycles. The van der Waals surface area contributed by atoms with Gasteiger partial charge in [-0.2, -0.15) is 5.10 Å². The highest BCUT2D eigenvalue weighted by Gasteiger charge is 2.04. The van der Waals surface area contributed by atoms with Gasteiger partial charge in [0, 0.05) is 18.0 Å². The lowest BCUT2D eigenvalue weighted by molar-refractivity contribution is 0.0947. The third-order valence-electron chi connectivity index (χ3n) is 2.27. The van der Waals surface area contributed by atoms with Crippen molar-refractivity contribution in [2.75, 3.05) is 18.9 Å². The predicted molar refractivity (Wildman–Crippen MR) is 67.3 cm³/mol. The summed E-state index contributed by atoms with van der Waals surface area (Å²) in [5.74, 6) is 0.507. The van der Waals surface area contributed by atoms with Crippen LogP contribution in [-0.2, 0) is 0 Å². The van der Waals surface area contributed by atoms with Gasteiger partial charge in [-0.3, -0.25) is 9.89 Å². The Labute approximate surface area is 104 Å². The Hall–Kier alpha value is -2.50. The number of nitrogens with one attached hydrogen (secondary N) is 2. The van der Waals surface area contributed by atoms with E-state index in [1.165, 1.54) is 12.4 Å². The Morgan fingerprint density at radius 2 is 2.39 bits per heavy atom. The van der Waals surface area contributed by atoms with Crippen LogP contribution < -0.4 is 15.8 Å². The number of aromatic nitrogens is 2. The molecule has 1 aromatic carbocycles. The van der Waals surface area contributed by atoms with Crippen LogP contribution in [0.3, 0.4) is 0 Å². The van der Waals surface area contributed by atoms with Crippen molar-refractivity contribution in [2.45, 2.75) is 0 Å². The minimum Gasteiger partial charge on any atom is -0.492 e. The topological polar surface area (TPSA) is 93.0 Å². The molecule has 4 N–H and O–H groups in total. The fourth-order valence-electron chi connectivity index (χ4n) is 1.41. The standard InChI is InChI=1S/C12H14N4O2/c13-10-2-1-3-11(6-10)18-5-4-14-12(17)9-7-15-16-8-9/h1-3,6-8H,4-5,13H2,(H,14,17)(H,15,16). The van der Waals surface area contributed by atoms with E-state index in [1.54, 1.807) is 12.1 Å². The van der Waals surface area contributed by atoms with E-state index in [0.717, 1.165) is 0 Å². The Morgan fingerprint density at radius 3 is 3.11 bits per heavy atom. The van der Waals surface area contributed by atoms with Gasteiger partial charge in [0.15, 0.2) is 0 Å². The first-order chi connectivity index (χ1) is 8.75. The molecule has 0 bridgehead atoms. The molecular weight excluding hydrogens is 232 g/mol. The van der Waals surface area contributed by atoms with Crippen LogP contribution in [0, 0.1) is 0 Å². The quantitative estimate of drug-likeness (QED) is 0.537. The largest absolute Gasteiger partial charge is 0.492 e. The summed E-state index contributed by atoms with van der Waals surface area (Å²) in [5, 5.41) is 8.99. The van der Waals surface area contributed by atoms with Crippen LogP contribution in [0.25, 0.3) is 0 Å². The van der Waals surface area contributed by atoms with Crippen molar-refractivity contribution < 1.29 is 9.53 Å². The van der Waals surface area contributed by atoms with Crippen molar-refractivity contribution in [1.29, 1.82) is 0 Å². The molecule has 6 heteroatoms. The van der Waals surface area contributed by atoms with Gasteiger partial charge < -0.3 is 15.8 Å². The molecule has 0 unspecified atom stereocenters. The van der Waals surface area contributed by atoms with Crippen molar-refractivity contribution >= 4 is 11.6 Å². The van der Waals surface area contributed by atoms with Crippen LogP contribution in [0.1, 0.15) is 10.4 Å². The van der Waals surface area contributed by atoms with Gasteiger partial charge in [-0.1, -0.05) is 6.07 Å². The average Bonchev–Trinajstić information content (AvgIpc) is 2.88. The lowest BCUT2D eigenvalue weighted by atomic mass is 10.3. The second-order valence-corrected chi connectivity index (χ2v) is 3.66. The van der Waals surface area contributed by atoms with E-state index in [-0.39, 0.29) is 5.91 Å². The first-order valence-corrected chi connectivity index (χ1v) is 5.51. The molecule has 0 saturated carbocycles. The van der Waals surface area contributed by atoms with Crippen molar-refractivity contribution in [3.05, 3.63) is 42.2 Å². The SMILES string of the molecule is Nc1cccc(OCCNC(=O)c2cn[nH]c2)c1. The summed E-state index contributed by atoms with van der Waals surface area (Å²) in [4.78, 5) is 11.5. The summed E-state index contributed by atoms with van der Waals surface area (Å²) in [7, 11) is 0. The Kier molecular flexibility index (Phi) is 3.80. The molecule has 0 spiro atoms. The molecular formula is C12H14N4O2. The maximum Gasteiger partial charge on any atom is 0.254 e. The number of hydrogen-bond donors (Lipinski definition) is 3. The summed E-state index contributed by atoms with van der Waals surface area (Å²) in [6.07, 6.45) is 3.00. The molecule has 1 aromatic heterocycles. The van der Waals surface area contributed by atoms with Crippen molar-refractivity contribution in [3.63, 3.8) is 0 Å². The molecule has 0 aliphatic carbocycles. The second kappa shape index (κ2) is 5.72. The third kappa shape index (κ3) is 3.24. The number of benzene rings is 1. The first-order valence-electron chi connectivity index (χ1n) is 5.51. The number of rotatable bonds is 5. The number of H-pyrrole nitrogens is 1. The molecule has 1 heterocycles. The maximum absolute atomic E-state index is 11.5. The zero-order valence-electron chi connectivity index (χ0n) is 9.72. The molecule has 94 valence electrons. The van der Waals surface area contributed by atoms with Gasteiger partial charge in [0.05, 0.1) is 18.3 Å². The van der Waals surface area contributed by atoms with Gasteiger partial charge in [-0.05, 0) is 12.1 Å². The number of nitrogens with two attached hydrogens (primary N) is 1. The lowest BCUT2D eigenvalue weighted by Crippen LogP contribution is -2.27. The fourth-order valence-corrected chi connectivity index (χ4v) is 1.41. The minimum atomic E-state index is -0.181. The Morgan fingerprint density at radius 1 is 1.50 bits per heavy atom. The van der Waals surface area contributed by atoms with Crippen LogP contribution in [0.15, 0.2) is 36.7 Å². The average molecular weight is 246 g/mol. The number of aromatic amines is 1. The number of nitrogens with zero attached hydrogens (tertiary/aromatic N) is 1. The highest BCUT2D eigenvalue weighted by Crippen LogP contribution is 2.13. The molecule has 2 aromatic rings. The summed E-state index contributed by atoms with van der Waals surface area (Å²) in [6, 6.07) is 7.15. The van der Waals surface area contributed by atoms with E-state index < -0.39 is 0 Å². The van der Waals surface area contributed by atoms with Crippen LogP contribution in [0.5, 0.6) is 5.75 Å². The summed E-state index contributed by atoms with van der Waals surface area (Å²) in [6.45, 7) is 0.797. The van der Waals surface area contributed by atoms with Gasteiger partial charge in [0.2, 0.25) is 0 Å². The molecule has 0 aliphatic rings. The maximum atomic E-state index is 11.5. The van der Waals surface area contributed by atoms with E-state index in [1.807, 2.05) is 12.1 Å². The highest BCUT2D eigenvalue weighted by atomic mass is 16.5. The van der Waals surface area contributed by atoms with Crippen molar-refractivity contribution in [3.8, 4) is 5.75 Å². The van der Waals surface area contributed by atoms with Crippen molar-refractivity contribution in [2.24, 2.45) is 0 Å². The van der Waals surface area contributed by atoms with Crippen LogP contribution in [0.2, 0.25) is 0 Å². The van der Waals surface area contributed by atoms with E-state index >= 15 is 0 Å². The molecule has 2 rings (SSSR count). The molecule has 0 atom stereocenters. The van der Waals surface area contributed by atoms with Gasteiger partial charge in [-0.15, -0.1) is 0 Å². The zero-order valence-corrected chi connectivity index (χ0v) is 9.72. The van der Waals surface area contributed by atoms with Crippen LogP contribution in [0.4, 0.5) is 5.69 Å². The van der Waals surface area contributed by atoms with Gasteiger partial charge in [-0.25, -0.2) is 0 Å². The summed E-state index contributed by atoms with van der Waals surface area (Å²) >= 11 is 0. The second-order valence-electron chi connectivity index (χ2n) is 3.66. The minimum absolute atomic E-state index is 0.181. The van der Waals surface area contributed by atoms with Crippen LogP contribution >= 0.6 is 0 Å². The van der Waals surface area contributed by atoms with E-state index in [9.17, 15) is 4.79 Å². The molecule has 1 amide bonds. The summed E-state index contributed by atoms with van der Waals surface area (Å²) < 4.78 is 5.44. The molecule has 0 aliphatic heterocycles. The van der Waals surface area contributed by atoms with E-state index in [2.05, 4.69) is 15.5 Å². The van der Waals surface area contributed by atoms with Crippen molar-refractivity contribution in [1.82, 2.24) is 15.5 Å². The first kappa shape index (κ1) is 12.0. The molecule has 0 radical (unpaired) electrons. The van der Waals surface area contributed by atoms with Gasteiger partial charge >= 0.3 is 0 Å². The number of anilines is 1. The zero-order chi connectivity index (χ0) is 12.8.